The van der Waals surface area contributed by atoms with E-state index < -0.39 is 17.4 Å². The van der Waals surface area contributed by atoms with E-state index in [0.717, 1.165) is 11.1 Å². The van der Waals surface area contributed by atoms with Crippen molar-refractivity contribution in [1.82, 2.24) is 9.80 Å². The molecule has 6 nitrogen and oxygen atoms in total. The van der Waals surface area contributed by atoms with E-state index in [2.05, 4.69) is 0 Å². The summed E-state index contributed by atoms with van der Waals surface area (Å²) in [6.45, 7) is 4.74. The molecular weight excluding hydrogens is 320 g/mol. The highest BCUT2D eigenvalue weighted by molar-refractivity contribution is 5.91. The Hall–Kier alpha value is -2.37. The summed E-state index contributed by atoms with van der Waals surface area (Å²) in [5.74, 6) is -1.01. The highest BCUT2D eigenvalue weighted by atomic mass is 16.4. The van der Waals surface area contributed by atoms with Crippen LogP contribution in [0.4, 0.5) is 0 Å². The Balaban J connectivity index is 1.72. The Morgan fingerprint density at radius 1 is 1.28 bits per heavy atom. The minimum absolute atomic E-state index is 0.0147. The van der Waals surface area contributed by atoms with Gasteiger partial charge in [-0.25, -0.2) is 0 Å². The maximum atomic E-state index is 12.9. The fourth-order valence-corrected chi connectivity index (χ4v) is 3.61. The number of carbonyl (C=O) groups is 3. The summed E-state index contributed by atoms with van der Waals surface area (Å²) < 4.78 is 0. The van der Waals surface area contributed by atoms with Crippen molar-refractivity contribution in [1.29, 1.82) is 0 Å². The van der Waals surface area contributed by atoms with E-state index in [1.165, 1.54) is 0 Å². The van der Waals surface area contributed by atoms with E-state index in [0.29, 0.717) is 32.4 Å². The number of nitrogens with zero attached hydrogens (tertiary/aromatic N) is 2. The predicted molar refractivity (Wildman–Crippen MR) is 91.7 cm³/mol. The molecule has 2 amide bonds. The highest BCUT2D eigenvalue weighted by Crippen LogP contribution is 2.32. The first kappa shape index (κ1) is 17.5. The molecular formula is C19H24N2O4. The van der Waals surface area contributed by atoms with Gasteiger partial charge in [-0.15, -0.1) is 0 Å². The Labute approximate surface area is 147 Å². The molecule has 1 aromatic rings. The number of carboxylic acid groups (broad SMARTS) is 1. The molecule has 0 aromatic heterocycles. The van der Waals surface area contributed by atoms with Crippen LogP contribution in [-0.2, 0) is 20.9 Å². The van der Waals surface area contributed by atoms with Crippen LogP contribution in [0.25, 0.3) is 0 Å². The maximum absolute atomic E-state index is 12.9. The highest BCUT2D eigenvalue weighted by Gasteiger charge is 2.46. The molecule has 0 bridgehead atoms. The first-order valence-corrected chi connectivity index (χ1v) is 8.67. The molecule has 2 fully saturated rings. The van der Waals surface area contributed by atoms with Gasteiger partial charge in [-0.2, -0.15) is 0 Å². The van der Waals surface area contributed by atoms with Gasteiger partial charge in [0, 0.05) is 26.1 Å². The number of carboxylic acids is 1. The Morgan fingerprint density at radius 3 is 2.56 bits per heavy atom. The van der Waals surface area contributed by atoms with Gasteiger partial charge in [0.05, 0.1) is 5.41 Å². The minimum Gasteiger partial charge on any atom is -0.481 e. The van der Waals surface area contributed by atoms with Gasteiger partial charge < -0.3 is 14.9 Å². The summed E-state index contributed by atoms with van der Waals surface area (Å²) in [7, 11) is 0. The molecule has 2 heterocycles. The van der Waals surface area contributed by atoms with Crippen molar-refractivity contribution in [3.63, 3.8) is 0 Å². The smallest absolute Gasteiger partial charge is 0.311 e. The zero-order valence-electron chi connectivity index (χ0n) is 14.7. The average Bonchev–Trinajstić information content (AvgIpc) is 3.14. The lowest BCUT2D eigenvalue weighted by molar-refractivity contribution is -0.148. The molecule has 3 rings (SSSR count). The van der Waals surface area contributed by atoms with Crippen LogP contribution in [0.5, 0.6) is 0 Å². The fraction of sp³-hybridized carbons (Fsp3) is 0.526. The molecule has 0 radical (unpaired) electrons. The SMILES string of the molecule is Cc1ccc(CN2C(=O)CC[C@H]2C(=O)N2CC[C@@](C)(C(=O)O)C2)cc1. The third kappa shape index (κ3) is 3.38. The van der Waals surface area contributed by atoms with Gasteiger partial charge >= 0.3 is 5.97 Å². The molecule has 2 saturated heterocycles. The third-order valence-electron chi connectivity index (χ3n) is 5.39. The van der Waals surface area contributed by atoms with Crippen LogP contribution in [-0.4, -0.2) is 51.8 Å². The first-order chi connectivity index (χ1) is 11.8. The van der Waals surface area contributed by atoms with Gasteiger partial charge in [0.2, 0.25) is 11.8 Å². The number of likely N-dealkylation sites (tertiary alicyclic amines) is 2. The topological polar surface area (TPSA) is 77.9 Å². The molecule has 1 aromatic carbocycles. The summed E-state index contributed by atoms with van der Waals surface area (Å²) in [5, 5.41) is 9.35. The van der Waals surface area contributed by atoms with Crippen molar-refractivity contribution >= 4 is 17.8 Å². The molecule has 0 unspecified atom stereocenters. The number of aliphatic carboxylic acids is 1. The molecule has 1 N–H and O–H groups in total. The Morgan fingerprint density at radius 2 is 1.96 bits per heavy atom. The van der Waals surface area contributed by atoms with Crippen LogP contribution >= 0.6 is 0 Å². The van der Waals surface area contributed by atoms with Crippen LogP contribution in [0.2, 0.25) is 0 Å². The van der Waals surface area contributed by atoms with Crippen molar-refractivity contribution in [3.8, 4) is 0 Å². The summed E-state index contributed by atoms with van der Waals surface area (Å²) in [4.78, 5) is 39.8. The van der Waals surface area contributed by atoms with Crippen molar-refractivity contribution in [2.24, 2.45) is 5.41 Å². The van der Waals surface area contributed by atoms with Gasteiger partial charge in [-0.1, -0.05) is 29.8 Å². The molecule has 0 spiro atoms. The zero-order valence-corrected chi connectivity index (χ0v) is 14.7. The molecule has 2 aliphatic heterocycles. The van der Waals surface area contributed by atoms with Crippen LogP contribution < -0.4 is 0 Å². The molecule has 6 heteroatoms. The van der Waals surface area contributed by atoms with Crippen LogP contribution in [0.1, 0.15) is 37.3 Å². The Bertz CT molecular complexity index is 700. The number of amides is 2. The van der Waals surface area contributed by atoms with Crippen LogP contribution in [0, 0.1) is 12.3 Å². The van der Waals surface area contributed by atoms with Crippen LogP contribution in [0.15, 0.2) is 24.3 Å². The van der Waals surface area contributed by atoms with E-state index in [1.807, 2.05) is 31.2 Å². The second-order valence-corrected chi connectivity index (χ2v) is 7.44. The van der Waals surface area contributed by atoms with E-state index in [1.54, 1.807) is 16.7 Å². The first-order valence-electron chi connectivity index (χ1n) is 8.67. The quantitative estimate of drug-likeness (QED) is 0.904. The molecule has 0 aliphatic carbocycles. The summed E-state index contributed by atoms with van der Waals surface area (Å²) in [6, 6.07) is 7.45. The van der Waals surface area contributed by atoms with Gasteiger partial charge in [0.25, 0.3) is 0 Å². The minimum atomic E-state index is -0.889. The summed E-state index contributed by atoms with van der Waals surface area (Å²) >= 11 is 0. The average molecular weight is 344 g/mol. The second kappa shape index (κ2) is 6.50. The molecule has 25 heavy (non-hydrogen) atoms. The van der Waals surface area contributed by atoms with E-state index in [4.69, 9.17) is 0 Å². The number of aryl methyl sites for hydroxylation is 1. The molecule has 0 saturated carbocycles. The summed E-state index contributed by atoms with van der Waals surface area (Å²) in [5.41, 5.74) is 1.25. The van der Waals surface area contributed by atoms with Crippen molar-refractivity contribution < 1.29 is 19.5 Å². The maximum Gasteiger partial charge on any atom is 0.311 e. The normalized spacial score (nSPS) is 26.3. The molecule has 2 atom stereocenters. The fourth-order valence-electron chi connectivity index (χ4n) is 3.61. The third-order valence-corrected chi connectivity index (χ3v) is 5.39. The number of carbonyl (C=O) groups excluding carboxylic acids is 2. The lowest BCUT2D eigenvalue weighted by atomic mass is 9.90. The second-order valence-electron chi connectivity index (χ2n) is 7.44. The van der Waals surface area contributed by atoms with Gasteiger partial charge in [-0.05, 0) is 32.3 Å². The zero-order chi connectivity index (χ0) is 18.2. The van der Waals surface area contributed by atoms with E-state index >= 15 is 0 Å². The predicted octanol–water partition coefficient (Wildman–Crippen LogP) is 1.81. The standard InChI is InChI=1S/C19H24N2O4/c1-13-3-5-14(6-4-13)11-21-15(7-8-16(21)22)17(23)20-10-9-19(2,12-20)18(24)25/h3-6,15H,7-12H2,1-2H3,(H,24,25)/t15-,19+/m0/s1. The monoisotopic (exact) mass is 344 g/mol. The van der Waals surface area contributed by atoms with E-state index in [-0.39, 0.29) is 18.4 Å². The largest absolute Gasteiger partial charge is 0.481 e. The lowest BCUT2D eigenvalue weighted by Crippen LogP contribution is -2.46. The number of hydrogen-bond acceptors (Lipinski definition) is 3. The van der Waals surface area contributed by atoms with Crippen molar-refractivity contribution in [2.45, 2.75) is 45.7 Å². The number of rotatable bonds is 4. The van der Waals surface area contributed by atoms with Crippen molar-refractivity contribution in [2.75, 3.05) is 13.1 Å². The van der Waals surface area contributed by atoms with Gasteiger partial charge in [0.15, 0.2) is 0 Å². The summed E-state index contributed by atoms with van der Waals surface area (Å²) in [6.07, 6.45) is 1.32. The van der Waals surface area contributed by atoms with Gasteiger partial charge in [-0.3, -0.25) is 14.4 Å². The lowest BCUT2D eigenvalue weighted by Gasteiger charge is -2.29. The number of benzene rings is 1. The van der Waals surface area contributed by atoms with Crippen LogP contribution in [0.3, 0.4) is 0 Å². The van der Waals surface area contributed by atoms with Crippen molar-refractivity contribution in [3.05, 3.63) is 35.4 Å². The number of hydrogen-bond donors (Lipinski definition) is 1. The molecule has 2 aliphatic rings. The van der Waals surface area contributed by atoms with Gasteiger partial charge in [0.1, 0.15) is 6.04 Å². The molecule has 134 valence electrons. The Kier molecular flexibility index (Phi) is 4.54. The van der Waals surface area contributed by atoms with E-state index in [9.17, 15) is 19.5 Å².